The lowest BCUT2D eigenvalue weighted by atomic mass is 10.2. The Morgan fingerprint density at radius 3 is 2.30 bits per heavy atom. The molecule has 1 unspecified atom stereocenters. The molecule has 2 aromatic rings. The van der Waals surface area contributed by atoms with Gasteiger partial charge in [0.05, 0.1) is 10.3 Å². The van der Waals surface area contributed by atoms with E-state index in [1.54, 1.807) is 16.4 Å². The van der Waals surface area contributed by atoms with E-state index in [1.807, 2.05) is 17.9 Å². The van der Waals surface area contributed by atoms with E-state index in [9.17, 15) is 13.2 Å². The number of hydrogen-bond donors (Lipinski definition) is 0. The number of nitrogens with zero attached hydrogens (tertiary/aromatic N) is 4. The third-order valence-electron chi connectivity index (χ3n) is 6.24. The summed E-state index contributed by atoms with van der Waals surface area (Å²) < 4.78 is 27.1. The van der Waals surface area contributed by atoms with Crippen molar-refractivity contribution in [1.82, 2.24) is 19.1 Å². The van der Waals surface area contributed by atoms with Gasteiger partial charge in [-0.3, -0.25) is 9.69 Å². The van der Waals surface area contributed by atoms with Crippen molar-refractivity contribution in [2.45, 2.75) is 47.9 Å². The van der Waals surface area contributed by atoms with Gasteiger partial charge in [-0.15, -0.1) is 0 Å². The molecule has 178 valence electrons. The number of aromatic nitrogens is 1. The lowest BCUT2D eigenvalue weighted by Crippen LogP contribution is -2.50. The molecule has 0 saturated carbocycles. The van der Waals surface area contributed by atoms with Crippen LogP contribution < -0.4 is 0 Å². The Balaban J connectivity index is 1.28. The molecule has 33 heavy (non-hydrogen) atoms. The van der Waals surface area contributed by atoms with E-state index >= 15 is 0 Å². The number of piperazine rings is 1. The molecule has 0 spiro atoms. The molecule has 2 saturated heterocycles. The minimum Gasteiger partial charge on any atom is -0.339 e. The zero-order chi connectivity index (χ0) is 23.3. The van der Waals surface area contributed by atoms with Crippen molar-refractivity contribution in [2.24, 2.45) is 0 Å². The van der Waals surface area contributed by atoms with Gasteiger partial charge in [0.15, 0.2) is 0 Å². The van der Waals surface area contributed by atoms with Crippen LogP contribution in [0.2, 0.25) is 0 Å². The Bertz CT molecular complexity index is 1020. The lowest BCUT2D eigenvalue weighted by Gasteiger charge is -2.35. The second-order valence-electron chi connectivity index (χ2n) is 8.64. The molecule has 0 aliphatic carbocycles. The van der Waals surface area contributed by atoms with E-state index < -0.39 is 10.0 Å². The number of sulfonamides is 1. The van der Waals surface area contributed by atoms with Crippen LogP contribution in [0.5, 0.6) is 0 Å². The van der Waals surface area contributed by atoms with Gasteiger partial charge in [-0.2, -0.15) is 4.31 Å². The number of pyridine rings is 1. The molecule has 1 aromatic carbocycles. The number of amides is 1. The molecule has 2 aliphatic heterocycles. The van der Waals surface area contributed by atoms with E-state index in [0.29, 0.717) is 18.1 Å². The number of carbonyl (C=O) groups excluding carboxylic acids is 1. The predicted molar refractivity (Wildman–Crippen MR) is 130 cm³/mol. The van der Waals surface area contributed by atoms with Gasteiger partial charge in [0.1, 0.15) is 4.90 Å². The fourth-order valence-corrected chi connectivity index (χ4v) is 6.64. The Hall–Kier alpha value is -1.94. The van der Waals surface area contributed by atoms with E-state index in [1.165, 1.54) is 23.5 Å². The molecule has 0 radical (unpaired) electrons. The van der Waals surface area contributed by atoms with Crippen LogP contribution in [-0.4, -0.2) is 77.9 Å². The molecule has 3 heterocycles. The number of piperidine rings is 1. The maximum Gasteiger partial charge on any atom is 0.244 e. The lowest BCUT2D eigenvalue weighted by molar-refractivity contribution is -0.132. The first-order chi connectivity index (χ1) is 15.9. The van der Waals surface area contributed by atoms with Gasteiger partial charge in [0.25, 0.3) is 0 Å². The molecule has 2 aliphatic rings. The third kappa shape index (κ3) is 6.15. The summed E-state index contributed by atoms with van der Waals surface area (Å²) in [5.41, 5.74) is 1.29. The largest absolute Gasteiger partial charge is 0.339 e. The number of hydrogen-bond acceptors (Lipinski definition) is 6. The molecule has 1 atom stereocenters. The average Bonchev–Trinajstić information content (AvgIpc) is 2.85. The highest BCUT2D eigenvalue weighted by atomic mass is 32.2. The molecule has 4 rings (SSSR count). The van der Waals surface area contributed by atoms with Crippen molar-refractivity contribution in [3.63, 3.8) is 0 Å². The monoisotopic (exact) mass is 488 g/mol. The predicted octanol–water partition coefficient (Wildman–Crippen LogP) is 3.08. The van der Waals surface area contributed by atoms with Gasteiger partial charge >= 0.3 is 0 Å². The summed E-state index contributed by atoms with van der Waals surface area (Å²) in [6.45, 7) is 7.10. The second kappa shape index (κ2) is 11.0. The Kier molecular flexibility index (Phi) is 8.06. The Morgan fingerprint density at radius 1 is 0.970 bits per heavy atom. The normalized spacial score (nSPS) is 19.4. The van der Waals surface area contributed by atoms with Crippen LogP contribution in [0.4, 0.5) is 0 Å². The molecular weight excluding hydrogens is 456 g/mol. The van der Waals surface area contributed by atoms with Crippen LogP contribution in [0.25, 0.3) is 0 Å². The average molecular weight is 489 g/mol. The minimum atomic E-state index is -3.49. The fraction of sp³-hybridized carbons (Fsp3) is 0.500. The SMILES string of the molecule is CC(Sc1ccc(S(=O)(=O)N2CCCCC2)cn1)C(=O)N1CCN(Cc2ccccc2)CC1. The van der Waals surface area contributed by atoms with Crippen molar-refractivity contribution in [3.05, 3.63) is 54.2 Å². The first kappa shape index (κ1) is 24.2. The van der Waals surface area contributed by atoms with E-state index in [-0.39, 0.29) is 16.1 Å². The van der Waals surface area contributed by atoms with Gasteiger partial charge in [0.2, 0.25) is 15.9 Å². The fourth-order valence-electron chi connectivity index (χ4n) is 4.30. The summed E-state index contributed by atoms with van der Waals surface area (Å²) in [6, 6.07) is 13.7. The van der Waals surface area contributed by atoms with Crippen molar-refractivity contribution in [2.75, 3.05) is 39.3 Å². The van der Waals surface area contributed by atoms with Gasteiger partial charge in [0, 0.05) is 52.0 Å². The summed E-state index contributed by atoms with van der Waals surface area (Å²) in [4.78, 5) is 21.8. The number of rotatable bonds is 7. The van der Waals surface area contributed by atoms with Gasteiger partial charge < -0.3 is 4.90 Å². The Morgan fingerprint density at radius 2 is 1.67 bits per heavy atom. The highest BCUT2D eigenvalue weighted by Gasteiger charge is 2.28. The first-order valence-electron chi connectivity index (χ1n) is 11.6. The summed E-state index contributed by atoms with van der Waals surface area (Å²) in [7, 11) is -3.49. The molecule has 7 nitrogen and oxygen atoms in total. The van der Waals surface area contributed by atoms with Crippen LogP contribution in [0.1, 0.15) is 31.7 Å². The van der Waals surface area contributed by atoms with Crippen molar-refractivity contribution >= 4 is 27.7 Å². The van der Waals surface area contributed by atoms with Crippen molar-refractivity contribution < 1.29 is 13.2 Å². The van der Waals surface area contributed by atoms with Gasteiger partial charge in [-0.25, -0.2) is 13.4 Å². The minimum absolute atomic E-state index is 0.103. The molecule has 0 N–H and O–H groups in total. The van der Waals surface area contributed by atoms with Crippen LogP contribution in [0.15, 0.2) is 58.6 Å². The van der Waals surface area contributed by atoms with Crippen molar-refractivity contribution in [3.8, 4) is 0 Å². The molecular formula is C24H32N4O3S2. The second-order valence-corrected chi connectivity index (χ2v) is 11.9. The quantitative estimate of drug-likeness (QED) is 0.558. The van der Waals surface area contributed by atoms with Crippen molar-refractivity contribution in [1.29, 1.82) is 0 Å². The smallest absolute Gasteiger partial charge is 0.244 e. The summed E-state index contributed by atoms with van der Waals surface area (Å²) in [5, 5.41) is 0.388. The summed E-state index contributed by atoms with van der Waals surface area (Å²) in [5.74, 6) is 0.103. The molecule has 2 fully saturated rings. The van der Waals surface area contributed by atoms with E-state index in [0.717, 1.165) is 52.0 Å². The van der Waals surface area contributed by atoms with Crippen LogP contribution >= 0.6 is 11.8 Å². The number of thioether (sulfide) groups is 1. The zero-order valence-electron chi connectivity index (χ0n) is 19.1. The Labute approximate surface area is 201 Å². The topological polar surface area (TPSA) is 73.8 Å². The van der Waals surface area contributed by atoms with Gasteiger partial charge in [-0.1, -0.05) is 48.5 Å². The van der Waals surface area contributed by atoms with Crippen LogP contribution in [-0.2, 0) is 21.4 Å². The van der Waals surface area contributed by atoms with Gasteiger partial charge in [-0.05, 0) is 37.5 Å². The molecule has 9 heteroatoms. The highest BCUT2D eigenvalue weighted by molar-refractivity contribution is 8.00. The maximum absolute atomic E-state index is 13.0. The number of carbonyl (C=O) groups is 1. The number of benzene rings is 1. The van der Waals surface area contributed by atoms with Crippen LogP contribution in [0.3, 0.4) is 0 Å². The summed E-state index contributed by atoms with van der Waals surface area (Å²) >= 11 is 1.38. The standard InChI is InChI=1S/C24H32N4O3S2/c1-20(24(29)27-16-14-26(15-17-27)19-21-8-4-2-5-9-21)32-23-11-10-22(18-25-23)33(30,31)28-12-6-3-7-13-28/h2,4-5,8-11,18,20H,3,6-7,12-17,19H2,1H3. The van der Waals surface area contributed by atoms with E-state index in [2.05, 4.69) is 34.1 Å². The van der Waals surface area contributed by atoms with E-state index in [4.69, 9.17) is 0 Å². The van der Waals surface area contributed by atoms with Crippen LogP contribution in [0, 0.1) is 0 Å². The first-order valence-corrected chi connectivity index (χ1v) is 13.9. The zero-order valence-corrected chi connectivity index (χ0v) is 20.7. The third-order valence-corrected chi connectivity index (χ3v) is 9.16. The molecule has 1 aromatic heterocycles. The maximum atomic E-state index is 13.0. The molecule has 1 amide bonds. The summed E-state index contributed by atoms with van der Waals surface area (Å²) in [6.07, 6.45) is 4.31. The molecule has 0 bridgehead atoms. The highest BCUT2D eigenvalue weighted by Crippen LogP contribution is 2.26.